The molecule has 1 rings (SSSR count). The van der Waals surface area contributed by atoms with E-state index < -0.39 is 5.97 Å². The number of nitriles is 1. The van der Waals surface area contributed by atoms with Crippen LogP contribution in [0.1, 0.15) is 11.1 Å². The van der Waals surface area contributed by atoms with E-state index in [-0.39, 0.29) is 12.2 Å². The molecule has 0 aliphatic heterocycles. The zero-order valence-corrected chi connectivity index (χ0v) is 9.54. The van der Waals surface area contributed by atoms with Crippen LogP contribution in [0.4, 0.5) is 0 Å². The van der Waals surface area contributed by atoms with Crippen molar-refractivity contribution in [3.63, 3.8) is 0 Å². The molecule has 1 aromatic rings. The summed E-state index contributed by atoms with van der Waals surface area (Å²) < 4.78 is 4.85. The largest absolute Gasteiger partial charge is 0.507 e. The van der Waals surface area contributed by atoms with Crippen molar-refractivity contribution in [1.82, 2.24) is 0 Å². The molecule has 0 heterocycles. The van der Waals surface area contributed by atoms with Crippen molar-refractivity contribution in [1.29, 1.82) is 5.26 Å². The summed E-state index contributed by atoms with van der Waals surface area (Å²) in [4.78, 5) is 11.1. The number of hydrogen-bond acceptors (Lipinski definition) is 4. The van der Waals surface area contributed by atoms with Crippen molar-refractivity contribution in [2.24, 2.45) is 0 Å². The van der Waals surface area contributed by atoms with E-state index in [4.69, 9.17) is 5.26 Å². The quantitative estimate of drug-likeness (QED) is 0.831. The molecular formula is C10H8BrNO3. The number of aromatic hydroxyl groups is 1. The molecule has 0 aromatic heterocycles. The number of phenols is 1. The third-order valence-corrected chi connectivity index (χ3v) is 2.78. The van der Waals surface area contributed by atoms with Gasteiger partial charge < -0.3 is 9.84 Å². The van der Waals surface area contributed by atoms with Gasteiger partial charge in [0.25, 0.3) is 0 Å². The second-order valence-electron chi connectivity index (χ2n) is 2.79. The van der Waals surface area contributed by atoms with Gasteiger partial charge in [0.1, 0.15) is 5.75 Å². The van der Waals surface area contributed by atoms with Crippen LogP contribution in [0.15, 0.2) is 16.6 Å². The maximum absolute atomic E-state index is 11.1. The number of ether oxygens (including phenoxy) is 1. The van der Waals surface area contributed by atoms with Gasteiger partial charge in [0, 0.05) is 0 Å². The van der Waals surface area contributed by atoms with Gasteiger partial charge in [0.05, 0.1) is 29.6 Å². The van der Waals surface area contributed by atoms with Crippen LogP contribution in [0.25, 0.3) is 0 Å². The van der Waals surface area contributed by atoms with E-state index in [9.17, 15) is 9.90 Å². The predicted octanol–water partition coefficient (Wildman–Crippen LogP) is 1.74. The lowest BCUT2D eigenvalue weighted by Gasteiger charge is -2.06. The summed E-state index contributed by atoms with van der Waals surface area (Å²) in [5, 5.41) is 18.2. The van der Waals surface area contributed by atoms with Crippen molar-refractivity contribution in [3.05, 3.63) is 27.7 Å². The average molecular weight is 270 g/mol. The molecule has 0 unspecified atom stereocenters. The highest BCUT2D eigenvalue weighted by Crippen LogP contribution is 2.30. The minimum atomic E-state index is -0.460. The average Bonchev–Trinajstić information content (AvgIpc) is 2.25. The smallest absolute Gasteiger partial charge is 0.310 e. The van der Waals surface area contributed by atoms with E-state index in [1.54, 1.807) is 0 Å². The SMILES string of the molecule is COC(=O)Cc1c(C#N)ccc(O)c1Br. The lowest BCUT2D eigenvalue weighted by atomic mass is 10.1. The monoisotopic (exact) mass is 269 g/mol. The van der Waals surface area contributed by atoms with Gasteiger partial charge in [-0.1, -0.05) is 0 Å². The number of phenolic OH excluding ortho intramolecular Hbond substituents is 1. The first-order valence-electron chi connectivity index (χ1n) is 4.07. The molecule has 78 valence electrons. The lowest BCUT2D eigenvalue weighted by molar-refractivity contribution is -0.139. The molecule has 1 aromatic carbocycles. The highest BCUT2D eigenvalue weighted by molar-refractivity contribution is 9.10. The van der Waals surface area contributed by atoms with Crippen LogP contribution in [0.3, 0.4) is 0 Å². The zero-order valence-electron chi connectivity index (χ0n) is 7.95. The molecule has 0 spiro atoms. The summed E-state index contributed by atoms with van der Waals surface area (Å²) in [6.45, 7) is 0. The van der Waals surface area contributed by atoms with Crippen molar-refractivity contribution >= 4 is 21.9 Å². The van der Waals surface area contributed by atoms with Crippen LogP contribution in [-0.4, -0.2) is 18.2 Å². The maximum Gasteiger partial charge on any atom is 0.310 e. The molecule has 0 fully saturated rings. The summed E-state index contributed by atoms with van der Waals surface area (Å²) in [5.41, 5.74) is 0.773. The Kier molecular flexibility index (Phi) is 3.69. The van der Waals surface area contributed by atoms with Crippen LogP contribution >= 0.6 is 15.9 Å². The summed E-state index contributed by atoms with van der Waals surface area (Å²) >= 11 is 3.12. The highest BCUT2D eigenvalue weighted by Gasteiger charge is 2.14. The van der Waals surface area contributed by atoms with Gasteiger partial charge in [-0.2, -0.15) is 5.26 Å². The van der Waals surface area contributed by atoms with E-state index in [1.165, 1.54) is 19.2 Å². The fourth-order valence-electron chi connectivity index (χ4n) is 1.10. The third-order valence-electron chi connectivity index (χ3n) is 1.89. The van der Waals surface area contributed by atoms with E-state index in [1.807, 2.05) is 6.07 Å². The van der Waals surface area contributed by atoms with Gasteiger partial charge in [0.15, 0.2) is 0 Å². The van der Waals surface area contributed by atoms with Gasteiger partial charge >= 0.3 is 5.97 Å². The molecule has 0 aliphatic rings. The van der Waals surface area contributed by atoms with Crippen molar-refractivity contribution in [2.75, 3.05) is 7.11 Å². The molecule has 0 aliphatic carbocycles. The maximum atomic E-state index is 11.1. The topological polar surface area (TPSA) is 70.3 Å². The van der Waals surface area contributed by atoms with E-state index in [2.05, 4.69) is 20.7 Å². The molecule has 0 bridgehead atoms. The second kappa shape index (κ2) is 4.80. The predicted molar refractivity (Wildman–Crippen MR) is 56.2 cm³/mol. The number of carbonyl (C=O) groups excluding carboxylic acids is 1. The first-order chi connectivity index (χ1) is 7.10. The van der Waals surface area contributed by atoms with Crippen LogP contribution < -0.4 is 0 Å². The Morgan fingerprint density at radius 2 is 2.33 bits per heavy atom. The first kappa shape index (κ1) is 11.5. The number of esters is 1. The number of halogens is 1. The van der Waals surface area contributed by atoms with E-state index in [0.29, 0.717) is 15.6 Å². The first-order valence-corrected chi connectivity index (χ1v) is 4.86. The molecule has 0 radical (unpaired) electrons. The minimum Gasteiger partial charge on any atom is -0.507 e. The van der Waals surface area contributed by atoms with Crippen molar-refractivity contribution in [2.45, 2.75) is 6.42 Å². The molecule has 5 heteroatoms. The lowest BCUT2D eigenvalue weighted by Crippen LogP contribution is -2.06. The molecule has 0 saturated carbocycles. The Bertz CT molecular complexity index is 437. The Morgan fingerprint density at radius 3 is 2.87 bits per heavy atom. The summed E-state index contributed by atoms with van der Waals surface area (Å²) in [5.74, 6) is -0.467. The summed E-state index contributed by atoms with van der Waals surface area (Å²) in [6.07, 6.45) is -0.0472. The minimum absolute atomic E-state index is 0.00657. The molecule has 0 saturated heterocycles. The standard InChI is InChI=1S/C10H8BrNO3/c1-15-9(14)4-7-6(5-12)2-3-8(13)10(7)11/h2-3,13H,4H2,1H3. The van der Waals surface area contributed by atoms with E-state index in [0.717, 1.165) is 0 Å². The van der Waals surface area contributed by atoms with Gasteiger partial charge in [0.2, 0.25) is 0 Å². The van der Waals surface area contributed by atoms with E-state index >= 15 is 0 Å². The van der Waals surface area contributed by atoms with Gasteiger partial charge in [-0.25, -0.2) is 0 Å². The highest BCUT2D eigenvalue weighted by atomic mass is 79.9. The van der Waals surface area contributed by atoms with Crippen LogP contribution in [0.2, 0.25) is 0 Å². The van der Waals surface area contributed by atoms with Gasteiger partial charge in [-0.3, -0.25) is 4.79 Å². The van der Waals surface area contributed by atoms with Gasteiger partial charge in [-0.15, -0.1) is 0 Å². The normalized spacial score (nSPS) is 9.40. The van der Waals surface area contributed by atoms with Crippen molar-refractivity contribution in [3.8, 4) is 11.8 Å². The van der Waals surface area contributed by atoms with Gasteiger partial charge in [-0.05, 0) is 33.6 Å². The number of methoxy groups -OCH3 is 1. The Labute approximate surface area is 95.2 Å². The molecule has 0 amide bonds. The Morgan fingerprint density at radius 1 is 1.67 bits per heavy atom. The fourth-order valence-corrected chi connectivity index (χ4v) is 1.59. The number of nitrogens with zero attached hydrogens (tertiary/aromatic N) is 1. The third kappa shape index (κ3) is 2.48. The van der Waals surface area contributed by atoms with Crippen LogP contribution in [-0.2, 0) is 16.0 Å². The number of benzene rings is 1. The molecule has 0 atom stereocenters. The van der Waals surface area contributed by atoms with Crippen LogP contribution in [0, 0.1) is 11.3 Å². The summed E-state index contributed by atoms with van der Waals surface area (Å²) in [6, 6.07) is 4.79. The Balaban J connectivity index is 3.19. The van der Waals surface area contributed by atoms with Crippen LogP contribution in [0.5, 0.6) is 5.75 Å². The molecule has 1 N–H and O–H groups in total. The molecule has 4 nitrogen and oxygen atoms in total. The Hall–Kier alpha value is -1.54. The number of hydrogen-bond donors (Lipinski definition) is 1. The zero-order chi connectivity index (χ0) is 11.4. The molecular weight excluding hydrogens is 262 g/mol. The second-order valence-corrected chi connectivity index (χ2v) is 3.58. The summed E-state index contributed by atoms with van der Waals surface area (Å²) in [7, 11) is 1.27. The number of rotatable bonds is 2. The molecule has 15 heavy (non-hydrogen) atoms. The van der Waals surface area contributed by atoms with Crippen molar-refractivity contribution < 1.29 is 14.6 Å². The fraction of sp³-hybridized carbons (Fsp3) is 0.200. The number of carbonyl (C=O) groups is 1.